The van der Waals surface area contributed by atoms with E-state index in [1.165, 1.54) is 5.56 Å². The monoisotopic (exact) mass is 326 g/mol. The van der Waals surface area contributed by atoms with Crippen LogP contribution in [-0.2, 0) is 16.0 Å². The van der Waals surface area contributed by atoms with Gasteiger partial charge in [-0.1, -0.05) is 30.3 Å². The molecule has 128 valence electrons. The smallest absolute Gasteiger partial charge is 0.252 e. The highest BCUT2D eigenvalue weighted by molar-refractivity contribution is 5.81. The number of amides is 1. The molecular weight excluding hydrogens is 300 g/mol. The van der Waals surface area contributed by atoms with Gasteiger partial charge in [0.1, 0.15) is 6.10 Å². The van der Waals surface area contributed by atoms with Crippen LogP contribution in [0.1, 0.15) is 24.8 Å². The predicted octanol–water partition coefficient (Wildman–Crippen LogP) is 1.94. The van der Waals surface area contributed by atoms with Gasteiger partial charge in [-0.3, -0.25) is 4.79 Å². The normalized spacial score (nSPS) is 24.1. The zero-order valence-corrected chi connectivity index (χ0v) is 14.4. The van der Waals surface area contributed by atoms with Crippen molar-refractivity contribution in [2.24, 2.45) is 0 Å². The van der Waals surface area contributed by atoms with Gasteiger partial charge in [-0.2, -0.15) is 0 Å². The summed E-state index contributed by atoms with van der Waals surface area (Å²) in [4.78, 5) is 16.5. The number of carbonyl (C=O) groups excluding carboxylic acids is 1. The third-order valence-corrected chi connectivity index (χ3v) is 5.20. The van der Waals surface area contributed by atoms with E-state index >= 15 is 0 Å². The Morgan fingerprint density at radius 2 is 2.00 bits per heavy atom. The fourth-order valence-electron chi connectivity index (χ4n) is 3.77. The van der Waals surface area contributed by atoms with E-state index < -0.39 is 6.10 Å². The summed E-state index contributed by atoms with van der Waals surface area (Å²) in [7, 11) is 1.86. The molecule has 0 bridgehead atoms. The molecule has 4 nitrogen and oxygen atoms in total. The maximum absolute atomic E-state index is 12.2. The molecule has 2 heterocycles. The summed E-state index contributed by atoms with van der Waals surface area (Å²) in [5, 5.41) is 0. The second kappa shape index (κ2) is 7.38. The number of likely N-dealkylation sites (tertiary alicyclic amines) is 1. The van der Waals surface area contributed by atoms with Crippen molar-refractivity contribution < 1.29 is 9.53 Å². The van der Waals surface area contributed by atoms with E-state index in [2.05, 4.69) is 41.2 Å². The van der Waals surface area contributed by atoms with Gasteiger partial charge in [0.25, 0.3) is 5.91 Å². The lowest BCUT2D eigenvalue weighted by atomic mass is 9.88. The molecule has 3 rings (SSSR count). The number of likely N-dealkylation sites (N-methyl/N-ethyl adjacent to an activating group) is 1. The van der Waals surface area contributed by atoms with Gasteiger partial charge in [-0.05, 0) is 24.8 Å². The Morgan fingerprint density at radius 1 is 1.29 bits per heavy atom. The Morgan fingerprint density at radius 3 is 2.67 bits per heavy atom. The van der Waals surface area contributed by atoms with Gasteiger partial charge < -0.3 is 14.5 Å². The zero-order valence-electron chi connectivity index (χ0n) is 14.4. The van der Waals surface area contributed by atoms with Gasteiger partial charge in [0.15, 0.2) is 0 Å². The fourth-order valence-corrected chi connectivity index (χ4v) is 3.77. The quantitative estimate of drug-likeness (QED) is 0.793. The van der Waals surface area contributed by atoms with E-state index in [1.807, 2.05) is 7.05 Å². The van der Waals surface area contributed by atoms with Gasteiger partial charge in [-0.15, -0.1) is 12.3 Å². The number of nitrogens with zero attached hydrogens (tertiary/aromatic N) is 2. The summed E-state index contributed by atoms with van der Waals surface area (Å²) in [5.74, 6) is 2.59. The van der Waals surface area contributed by atoms with Crippen molar-refractivity contribution >= 4 is 5.91 Å². The van der Waals surface area contributed by atoms with Crippen LogP contribution in [0.4, 0.5) is 0 Å². The number of hydrogen-bond donors (Lipinski definition) is 0. The Hall–Kier alpha value is -1.83. The van der Waals surface area contributed by atoms with Crippen molar-refractivity contribution in [1.29, 1.82) is 0 Å². The Kier molecular flexibility index (Phi) is 5.23. The number of morpholine rings is 1. The predicted molar refractivity (Wildman–Crippen MR) is 94.5 cm³/mol. The first kappa shape index (κ1) is 17.0. The van der Waals surface area contributed by atoms with E-state index in [0.717, 1.165) is 38.9 Å². The Labute approximate surface area is 144 Å². The van der Waals surface area contributed by atoms with Crippen LogP contribution in [-0.4, -0.2) is 60.6 Å². The summed E-state index contributed by atoms with van der Waals surface area (Å²) >= 11 is 0. The second-order valence-corrected chi connectivity index (χ2v) is 6.97. The number of piperidine rings is 1. The lowest BCUT2D eigenvalue weighted by Crippen LogP contribution is -2.60. The third-order valence-electron chi connectivity index (χ3n) is 5.20. The summed E-state index contributed by atoms with van der Waals surface area (Å²) in [6.45, 7) is 3.78. The highest BCUT2D eigenvalue weighted by Crippen LogP contribution is 2.33. The minimum absolute atomic E-state index is 0.0186. The van der Waals surface area contributed by atoms with Crippen LogP contribution in [0.5, 0.6) is 0 Å². The first-order chi connectivity index (χ1) is 11.6. The lowest BCUT2D eigenvalue weighted by molar-refractivity contribution is -0.189. The van der Waals surface area contributed by atoms with Gasteiger partial charge in [0.2, 0.25) is 0 Å². The molecule has 4 heteroatoms. The van der Waals surface area contributed by atoms with Crippen LogP contribution < -0.4 is 0 Å². The molecule has 1 atom stereocenters. The summed E-state index contributed by atoms with van der Waals surface area (Å²) in [6, 6.07) is 10.6. The molecule has 24 heavy (non-hydrogen) atoms. The maximum Gasteiger partial charge on any atom is 0.252 e. The first-order valence-electron chi connectivity index (χ1n) is 8.74. The van der Waals surface area contributed by atoms with Gasteiger partial charge in [0.05, 0.1) is 5.60 Å². The molecule has 2 aliphatic rings. The lowest BCUT2D eigenvalue weighted by Gasteiger charge is -2.48. The largest absolute Gasteiger partial charge is 0.359 e. The van der Waals surface area contributed by atoms with E-state index in [0.29, 0.717) is 13.0 Å². The fraction of sp³-hybridized carbons (Fsp3) is 0.550. The minimum Gasteiger partial charge on any atom is -0.359 e. The second-order valence-electron chi connectivity index (χ2n) is 6.97. The maximum atomic E-state index is 12.2. The van der Waals surface area contributed by atoms with Crippen molar-refractivity contribution in [3.63, 3.8) is 0 Å². The SMILES string of the molecule is C#CCC1OC2(CCN(CCc3ccccc3)CC2)CN(C)C1=O. The van der Waals surface area contributed by atoms with E-state index in [-0.39, 0.29) is 11.5 Å². The molecule has 0 radical (unpaired) electrons. The van der Waals surface area contributed by atoms with Crippen LogP contribution in [0.15, 0.2) is 30.3 Å². The van der Waals surface area contributed by atoms with E-state index in [4.69, 9.17) is 11.2 Å². The molecule has 1 aromatic rings. The Balaban J connectivity index is 1.54. The van der Waals surface area contributed by atoms with Gasteiger partial charge in [-0.25, -0.2) is 0 Å². The van der Waals surface area contributed by atoms with Crippen LogP contribution >= 0.6 is 0 Å². The van der Waals surface area contributed by atoms with Crippen LogP contribution in [0.3, 0.4) is 0 Å². The number of hydrogen-bond acceptors (Lipinski definition) is 3. The number of carbonyl (C=O) groups is 1. The average molecular weight is 326 g/mol. The highest BCUT2D eigenvalue weighted by Gasteiger charge is 2.45. The van der Waals surface area contributed by atoms with Crippen molar-refractivity contribution in [3.05, 3.63) is 35.9 Å². The molecule has 0 aliphatic carbocycles. The highest BCUT2D eigenvalue weighted by atomic mass is 16.5. The molecule has 1 spiro atoms. The number of rotatable bonds is 4. The van der Waals surface area contributed by atoms with Crippen molar-refractivity contribution in [3.8, 4) is 12.3 Å². The zero-order chi connectivity index (χ0) is 17.0. The van der Waals surface area contributed by atoms with E-state index in [1.54, 1.807) is 4.90 Å². The van der Waals surface area contributed by atoms with Gasteiger partial charge in [0, 0.05) is 39.6 Å². The summed E-state index contributed by atoms with van der Waals surface area (Å²) < 4.78 is 6.19. The minimum atomic E-state index is -0.468. The summed E-state index contributed by atoms with van der Waals surface area (Å²) in [6.07, 6.45) is 8.28. The van der Waals surface area contributed by atoms with Crippen molar-refractivity contribution in [2.45, 2.75) is 37.4 Å². The van der Waals surface area contributed by atoms with Crippen LogP contribution in [0.2, 0.25) is 0 Å². The molecule has 0 saturated carbocycles. The molecule has 0 aromatic heterocycles. The molecule has 0 N–H and O–H groups in total. The molecule has 1 unspecified atom stereocenters. The number of terminal acetylenes is 1. The number of ether oxygens (including phenoxy) is 1. The molecular formula is C20H26N2O2. The molecule has 2 fully saturated rings. The first-order valence-corrected chi connectivity index (χ1v) is 8.74. The topological polar surface area (TPSA) is 32.8 Å². The standard InChI is InChI=1S/C20H26N2O2/c1-3-7-18-19(23)21(2)16-20(24-18)11-14-22(15-12-20)13-10-17-8-5-4-6-9-17/h1,4-6,8-9,18H,7,10-16H2,2H3. The third kappa shape index (κ3) is 3.80. The molecule has 1 amide bonds. The summed E-state index contributed by atoms with van der Waals surface area (Å²) in [5.41, 5.74) is 1.17. The average Bonchev–Trinajstić information content (AvgIpc) is 2.60. The van der Waals surface area contributed by atoms with Crippen LogP contribution in [0.25, 0.3) is 0 Å². The molecule has 2 saturated heterocycles. The number of benzene rings is 1. The molecule has 1 aromatic carbocycles. The Bertz CT molecular complexity index is 600. The van der Waals surface area contributed by atoms with E-state index in [9.17, 15) is 4.79 Å². The van der Waals surface area contributed by atoms with Crippen molar-refractivity contribution in [1.82, 2.24) is 9.80 Å². The van der Waals surface area contributed by atoms with Gasteiger partial charge >= 0.3 is 0 Å². The molecule has 2 aliphatic heterocycles. The van der Waals surface area contributed by atoms with Crippen LogP contribution in [0, 0.1) is 12.3 Å². The van der Waals surface area contributed by atoms with Crippen molar-refractivity contribution in [2.75, 3.05) is 33.2 Å².